The fraction of sp³-hybridized carbons (Fsp3) is 0.286. The summed E-state index contributed by atoms with van der Waals surface area (Å²) in [6, 6.07) is 14.3. The first kappa shape index (κ1) is 35.6. The normalized spacial score (nSPS) is 14.3. The minimum Gasteiger partial charge on any atom is -0.493 e. The third kappa shape index (κ3) is 7.64. The standard InChI is InChI=1S/C35H34IN3O9S/c1-7-46-34(41)30-20(4)37-35-38(31(30)23-10-13-26(48-19(2)3)27(17-23)44-5)33(40)29(49-35)16-22-14-25(36)32(28(15-22)45-6)47-18-21-8-11-24(12-9-21)39(42)43/h8-17,19,31H,7,18H2,1-6H3/b29-16-/t31-/m1/s1. The van der Waals surface area contributed by atoms with Crippen LogP contribution in [0.5, 0.6) is 23.0 Å². The number of hydrogen-bond donors (Lipinski definition) is 0. The van der Waals surface area contributed by atoms with E-state index < -0.39 is 16.9 Å². The van der Waals surface area contributed by atoms with E-state index in [0.29, 0.717) is 49.2 Å². The van der Waals surface area contributed by atoms with Crippen molar-refractivity contribution in [3.8, 4) is 23.0 Å². The highest BCUT2D eigenvalue weighted by molar-refractivity contribution is 14.1. The summed E-state index contributed by atoms with van der Waals surface area (Å²) in [7, 11) is 3.06. The van der Waals surface area contributed by atoms with Crippen LogP contribution < -0.4 is 33.8 Å². The number of carbonyl (C=O) groups is 1. The minimum atomic E-state index is -0.829. The fourth-order valence-electron chi connectivity index (χ4n) is 5.30. The van der Waals surface area contributed by atoms with Crippen molar-refractivity contribution in [2.24, 2.45) is 4.99 Å². The van der Waals surface area contributed by atoms with Gasteiger partial charge in [-0.2, -0.15) is 0 Å². The van der Waals surface area contributed by atoms with Gasteiger partial charge in [0.2, 0.25) is 0 Å². The van der Waals surface area contributed by atoms with Gasteiger partial charge in [-0.25, -0.2) is 9.79 Å². The number of non-ortho nitro benzene ring substituents is 1. The lowest BCUT2D eigenvalue weighted by Crippen LogP contribution is -2.40. The van der Waals surface area contributed by atoms with Crippen LogP contribution >= 0.6 is 33.9 Å². The molecule has 0 bridgehead atoms. The maximum atomic E-state index is 14.2. The molecule has 0 fully saturated rings. The van der Waals surface area contributed by atoms with Crippen LogP contribution in [0.4, 0.5) is 5.69 Å². The van der Waals surface area contributed by atoms with Gasteiger partial charge in [-0.05, 0) is 109 Å². The highest BCUT2D eigenvalue weighted by Gasteiger charge is 2.34. The lowest BCUT2D eigenvalue weighted by atomic mass is 9.95. The molecule has 0 spiro atoms. The van der Waals surface area contributed by atoms with Crippen molar-refractivity contribution < 1.29 is 33.4 Å². The molecule has 0 saturated carbocycles. The molecule has 1 aliphatic heterocycles. The average Bonchev–Trinajstić information content (AvgIpc) is 3.37. The highest BCUT2D eigenvalue weighted by Crippen LogP contribution is 2.37. The fourth-order valence-corrected chi connectivity index (χ4v) is 7.12. The van der Waals surface area contributed by atoms with Gasteiger partial charge in [-0.3, -0.25) is 19.5 Å². The Balaban J connectivity index is 1.56. The van der Waals surface area contributed by atoms with E-state index in [2.05, 4.69) is 27.6 Å². The Bertz CT molecular complexity index is 2120. The van der Waals surface area contributed by atoms with Crippen molar-refractivity contribution in [3.63, 3.8) is 0 Å². The maximum Gasteiger partial charge on any atom is 0.338 e. The molecule has 0 amide bonds. The number of rotatable bonds is 12. The predicted molar refractivity (Wildman–Crippen MR) is 192 cm³/mol. The number of thiazole rings is 1. The van der Waals surface area contributed by atoms with E-state index >= 15 is 0 Å². The van der Waals surface area contributed by atoms with Crippen LogP contribution in [-0.4, -0.2) is 42.4 Å². The molecular weight excluding hydrogens is 765 g/mol. The number of esters is 1. The molecule has 5 rings (SSSR count). The second-order valence-electron chi connectivity index (χ2n) is 11.1. The SMILES string of the molecule is CCOC(=O)C1=C(C)N=c2s/c(=C\c3cc(I)c(OCc4ccc([N+](=O)[O-])cc4)c(OC)c3)c(=O)n2[C@@H]1c1ccc(OC(C)C)c(OC)c1. The van der Waals surface area contributed by atoms with Gasteiger partial charge in [-0.1, -0.05) is 17.4 Å². The predicted octanol–water partition coefficient (Wildman–Crippen LogP) is 5.69. The summed E-state index contributed by atoms with van der Waals surface area (Å²) in [6.45, 7) is 7.60. The van der Waals surface area contributed by atoms with Crippen molar-refractivity contribution in [1.29, 1.82) is 0 Å². The number of methoxy groups -OCH3 is 2. The second kappa shape index (κ2) is 15.2. The third-order valence-electron chi connectivity index (χ3n) is 7.46. The molecule has 256 valence electrons. The first-order chi connectivity index (χ1) is 23.4. The summed E-state index contributed by atoms with van der Waals surface area (Å²) in [5.41, 5.74) is 2.43. The number of carbonyl (C=O) groups excluding carboxylic acids is 1. The van der Waals surface area contributed by atoms with Crippen molar-refractivity contribution in [2.45, 2.75) is 46.4 Å². The molecule has 1 aromatic heterocycles. The van der Waals surface area contributed by atoms with Gasteiger partial charge in [0.05, 0.1) is 57.3 Å². The van der Waals surface area contributed by atoms with E-state index in [1.54, 1.807) is 50.3 Å². The number of nitro benzene ring substituents is 1. The zero-order valence-corrected chi connectivity index (χ0v) is 30.6. The number of nitro groups is 1. The molecule has 0 saturated heterocycles. The molecule has 0 unspecified atom stereocenters. The number of halogens is 1. The Morgan fingerprint density at radius 1 is 1.08 bits per heavy atom. The quantitative estimate of drug-likeness (QED) is 0.0765. The van der Waals surface area contributed by atoms with Crippen LogP contribution in [0.2, 0.25) is 0 Å². The van der Waals surface area contributed by atoms with Gasteiger partial charge in [0, 0.05) is 12.1 Å². The molecule has 2 heterocycles. The van der Waals surface area contributed by atoms with E-state index in [-0.39, 0.29) is 36.1 Å². The summed E-state index contributed by atoms with van der Waals surface area (Å²) in [4.78, 5) is 43.1. The number of allylic oxidation sites excluding steroid dienone is 1. The lowest BCUT2D eigenvalue weighted by molar-refractivity contribution is -0.384. The van der Waals surface area contributed by atoms with Crippen molar-refractivity contribution >= 4 is 51.7 Å². The summed E-state index contributed by atoms with van der Waals surface area (Å²) in [5, 5.41) is 11.0. The molecule has 1 aliphatic rings. The Morgan fingerprint density at radius 2 is 1.80 bits per heavy atom. The zero-order valence-electron chi connectivity index (χ0n) is 27.6. The van der Waals surface area contributed by atoms with Gasteiger partial charge in [0.25, 0.3) is 11.2 Å². The average molecular weight is 800 g/mol. The summed E-state index contributed by atoms with van der Waals surface area (Å²) >= 11 is 3.34. The largest absolute Gasteiger partial charge is 0.493 e. The maximum absolute atomic E-state index is 14.2. The molecule has 0 aliphatic carbocycles. The Kier molecular flexibility index (Phi) is 11.1. The number of benzene rings is 3. The van der Waals surface area contributed by atoms with Crippen molar-refractivity contribution in [1.82, 2.24) is 4.57 Å². The number of hydrogen-bond acceptors (Lipinski definition) is 11. The molecule has 14 heteroatoms. The number of aromatic nitrogens is 1. The number of nitrogens with zero attached hydrogens (tertiary/aromatic N) is 3. The summed E-state index contributed by atoms with van der Waals surface area (Å²) < 4.78 is 31.3. The lowest BCUT2D eigenvalue weighted by Gasteiger charge is -2.25. The topological polar surface area (TPSA) is 141 Å². The molecule has 49 heavy (non-hydrogen) atoms. The van der Waals surface area contributed by atoms with Crippen molar-refractivity contribution in [2.75, 3.05) is 20.8 Å². The zero-order chi connectivity index (χ0) is 35.4. The molecular formula is C35H34IN3O9S. The first-order valence-corrected chi connectivity index (χ1v) is 17.1. The van der Waals surface area contributed by atoms with E-state index in [1.165, 1.54) is 42.3 Å². The third-order valence-corrected chi connectivity index (χ3v) is 9.25. The Morgan fingerprint density at radius 3 is 2.43 bits per heavy atom. The van der Waals surface area contributed by atoms with E-state index in [9.17, 15) is 19.7 Å². The smallest absolute Gasteiger partial charge is 0.338 e. The Hall–Kier alpha value is -4.70. The van der Waals surface area contributed by atoms with Gasteiger partial charge >= 0.3 is 5.97 Å². The van der Waals surface area contributed by atoms with Crippen LogP contribution in [0, 0.1) is 13.7 Å². The van der Waals surface area contributed by atoms with Gasteiger partial charge < -0.3 is 23.7 Å². The van der Waals surface area contributed by atoms with Gasteiger partial charge in [0.15, 0.2) is 27.8 Å². The molecule has 1 atom stereocenters. The first-order valence-electron chi connectivity index (χ1n) is 15.2. The number of ether oxygens (including phenoxy) is 5. The van der Waals surface area contributed by atoms with Crippen LogP contribution in [0.25, 0.3) is 6.08 Å². The minimum absolute atomic E-state index is 0.00184. The number of fused-ring (bicyclic) bond motifs is 1. The second-order valence-corrected chi connectivity index (χ2v) is 13.3. The van der Waals surface area contributed by atoms with Crippen LogP contribution in [0.3, 0.4) is 0 Å². The van der Waals surface area contributed by atoms with Gasteiger partial charge in [-0.15, -0.1) is 0 Å². The Labute approximate surface area is 299 Å². The summed E-state index contributed by atoms with van der Waals surface area (Å²) in [5.74, 6) is 1.38. The van der Waals surface area contributed by atoms with Crippen molar-refractivity contribution in [3.05, 3.63) is 116 Å². The van der Waals surface area contributed by atoms with Crippen LogP contribution in [0.15, 0.2) is 75.7 Å². The van der Waals surface area contributed by atoms with E-state index in [4.69, 9.17) is 23.7 Å². The summed E-state index contributed by atoms with van der Waals surface area (Å²) in [6.07, 6.45) is 1.65. The molecule has 0 radical (unpaired) electrons. The van der Waals surface area contributed by atoms with Gasteiger partial charge in [0.1, 0.15) is 6.61 Å². The monoisotopic (exact) mass is 799 g/mol. The highest BCUT2D eigenvalue weighted by atomic mass is 127. The van der Waals surface area contributed by atoms with Crippen LogP contribution in [0.1, 0.15) is 50.4 Å². The molecule has 3 aromatic carbocycles. The molecule has 0 N–H and O–H groups in total. The molecule has 4 aromatic rings. The van der Waals surface area contributed by atoms with E-state index in [1.807, 2.05) is 26.0 Å². The van der Waals surface area contributed by atoms with E-state index in [0.717, 1.165) is 9.13 Å². The van der Waals surface area contributed by atoms with Crippen LogP contribution in [-0.2, 0) is 16.1 Å². The molecule has 12 nitrogen and oxygen atoms in total.